The van der Waals surface area contributed by atoms with Gasteiger partial charge in [-0.25, -0.2) is 0 Å². The molecular formula is C16H18N2O. The lowest BCUT2D eigenvalue weighted by Gasteiger charge is -2.17. The second-order valence-corrected chi connectivity index (χ2v) is 4.72. The van der Waals surface area contributed by atoms with Crippen molar-refractivity contribution in [3.05, 3.63) is 47.5 Å². The van der Waals surface area contributed by atoms with Gasteiger partial charge in [-0.15, -0.1) is 0 Å². The summed E-state index contributed by atoms with van der Waals surface area (Å²) in [5, 5.41) is 2.87. The van der Waals surface area contributed by atoms with E-state index in [-0.39, 0.29) is 5.91 Å². The number of nitrogen functional groups attached to an aromatic ring is 1. The zero-order valence-corrected chi connectivity index (χ0v) is 11.4. The fraction of sp³-hybridized carbons (Fsp3) is 0.188. The van der Waals surface area contributed by atoms with E-state index in [1.165, 1.54) is 6.92 Å². The lowest BCUT2D eigenvalue weighted by atomic mass is 9.93. The number of carbonyl (C=O) groups is 1. The molecule has 2 aromatic rings. The Kier molecular flexibility index (Phi) is 3.56. The number of anilines is 2. The fourth-order valence-corrected chi connectivity index (χ4v) is 2.33. The van der Waals surface area contributed by atoms with Crippen molar-refractivity contribution >= 4 is 17.3 Å². The molecule has 0 aliphatic carbocycles. The Hall–Kier alpha value is -2.29. The van der Waals surface area contributed by atoms with Crippen molar-refractivity contribution in [2.75, 3.05) is 11.1 Å². The molecule has 0 atom stereocenters. The number of nitrogens with one attached hydrogen (secondary N) is 1. The van der Waals surface area contributed by atoms with Gasteiger partial charge in [-0.2, -0.15) is 0 Å². The molecule has 0 saturated heterocycles. The maximum Gasteiger partial charge on any atom is 0.221 e. The first-order chi connectivity index (χ1) is 9.00. The van der Waals surface area contributed by atoms with E-state index in [1.54, 1.807) is 0 Å². The van der Waals surface area contributed by atoms with E-state index in [2.05, 4.69) is 5.32 Å². The van der Waals surface area contributed by atoms with E-state index < -0.39 is 0 Å². The van der Waals surface area contributed by atoms with Crippen LogP contribution in [0.3, 0.4) is 0 Å². The maximum atomic E-state index is 11.3. The van der Waals surface area contributed by atoms with Gasteiger partial charge in [0.05, 0.1) is 0 Å². The minimum absolute atomic E-state index is 0.0843. The van der Waals surface area contributed by atoms with E-state index >= 15 is 0 Å². The van der Waals surface area contributed by atoms with Crippen molar-refractivity contribution in [3.8, 4) is 11.1 Å². The van der Waals surface area contributed by atoms with Crippen LogP contribution in [0.25, 0.3) is 11.1 Å². The largest absolute Gasteiger partial charge is 0.398 e. The van der Waals surface area contributed by atoms with E-state index in [0.29, 0.717) is 0 Å². The lowest BCUT2D eigenvalue weighted by molar-refractivity contribution is -0.114. The van der Waals surface area contributed by atoms with Gasteiger partial charge in [0.25, 0.3) is 0 Å². The van der Waals surface area contributed by atoms with E-state index in [4.69, 9.17) is 5.73 Å². The number of aryl methyl sites for hydroxylation is 2. The number of hydrogen-bond acceptors (Lipinski definition) is 2. The van der Waals surface area contributed by atoms with Gasteiger partial charge in [-0.1, -0.05) is 24.3 Å². The molecule has 0 fully saturated rings. The van der Waals surface area contributed by atoms with Gasteiger partial charge >= 0.3 is 0 Å². The number of hydrogen-bond donors (Lipinski definition) is 2. The van der Waals surface area contributed by atoms with E-state index in [0.717, 1.165) is 33.6 Å². The van der Waals surface area contributed by atoms with Crippen molar-refractivity contribution in [1.82, 2.24) is 0 Å². The molecule has 19 heavy (non-hydrogen) atoms. The smallest absolute Gasteiger partial charge is 0.221 e. The summed E-state index contributed by atoms with van der Waals surface area (Å²) in [4.78, 5) is 11.3. The molecule has 1 amide bonds. The monoisotopic (exact) mass is 254 g/mol. The lowest BCUT2D eigenvalue weighted by Crippen LogP contribution is -2.08. The summed E-state index contributed by atoms with van der Waals surface area (Å²) in [6.07, 6.45) is 0. The van der Waals surface area contributed by atoms with Crippen LogP contribution in [0.1, 0.15) is 18.1 Å². The van der Waals surface area contributed by atoms with Crippen LogP contribution in [0, 0.1) is 13.8 Å². The highest BCUT2D eigenvalue weighted by Crippen LogP contribution is 2.37. The summed E-state index contributed by atoms with van der Waals surface area (Å²) in [5.74, 6) is -0.0843. The highest BCUT2D eigenvalue weighted by atomic mass is 16.1. The van der Waals surface area contributed by atoms with Crippen LogP contribution in [-0.2, 0) is 4.79 Å². The molecule has 0 unspecified atom stereocenters. The number of rotatable bonds is 2. The quantitative estimate of drug-likeness (QED) is 0.806. The molecule has 0 aliphatic rings. The number of nitrogens with two attached hydrogens (primary N) is 1. The van der Waals surface area contributed by atoms with Crippen molar-refractivity contribution in [2.45, 2.75) is 20.8 Å². The average Bonchev–Trinajstić information content (AvgIpc) is 2.31. The van der Waals surface area contributed by atoms with Gasteiger partial charge in [0.1, 0.15) is 0 Å². The van der Waals surface area contributed by atoms with Crippen LogP contribution < -0.4 is 11.1 Å². The fourth-order valence-electron chi connectivity index (χ4n) is 2.33. The first-order valence-corrected chi connectivity index (χ1v) is 6.23. The molecule has 2 rings (SSSR count). The Morgan fingerprint density at radius 2 is 1.58 bits per heavy atom. The Morgan fingerprint density at radius 1 is 1.00 bits per heavy atom. The molecule has 0 aromatic heterocycles. The second-order valence-electron chi connectivity index (χ2n) is 4.72. The zero-order chi connectivity index (χ0) is 14.0. The number of amides is 1. The van der Waals surface area contributed by atoms with Gasteiger partial charge in [0, 0.05) is 29.4 Å². The third-order valence-corrected chi connectivity index (χ3v) is 3.14. The van der Waals surface area contributed by atoms with Crippen molar-refractivity contribution < 1.29 is 4.79 Å². The molecule has 3 nitrogen and oxygen atoms in total. The van der Waals surface area contributed by atoms with Gasteiger partial charge in [-0.3, -0.25) is 4.79 Å². The molecule has 98 valence electrons. The van der Waals surface area contributed by atoms with Gasteiger partial charge in [0.15, 0.2) is 0 Å². The van der Waals surface area contributed by atoms with E-state index in [1.807, 2.05) is 50.2 Å². The van der Waals surface area contributed by atoms with Crippen LogP contribution >= 0.6 is 0 Å². The molecule has 3 N–H and O–H groups in total. The van der Waals surface area contributed by atoms with Gasteiger partial charge in [-0.05, 0) is 37.1 Å². The molecule has 2 aromatic carbocycles. The topological polar surface area (TPSA) is 55.1 Å². The third-order valence-electron chi connectivity index (χ3n) is 3.14. The molecule has 0 saturated carbocycles. The molecular weight excluding hydrogens is 236 g/mol. The van der Waals surface area contributed by atoms with Crippen LogP contribution in [0.4, 0.5) is 11.4 Å². The highest BCUT2D eigenvalue weighted by Gasteiger charge is 2.13. The van der Waals surface area contributed by atoms with Crippen molar-refractivity contribution in [1.29, 1.82) is 0 Å². The molecule has 0 spiro atoms. The minimum atomic E-state index is -0.0843. The SMILES string of the molecule is CC(=O)Nc1cccc(C)c1-c1c(C)cccc1N. The van der Waals surface area contributed by atoms with Crippen LogP contribution in [0.15, 0.2) is 36.4 Å². The summed E-state index contributed by atoms with van der Waals surface area (Å²) in [6.45, 7) is 5.55. The predicted octanol–water partition coefficient (Wildman–Crippen LogP) is 3.51. The van der Waals surface area contributed by atoms with Crippen LogP contribution in [0.2, 0.25) is 0 Å². The Balaban J connectivity index is 2.70. The summed E-state index contributed by atoms with van der Waals surface area (Å²) in [7, 11) is 0. The van der Waals surface area contributed by atoms with E-state index in [9.17, 15) is 4.79 Å². The molecule has 0 aliphatic heterocycles. The molecule has 0 heterocycles. The molecule has 0 radical (unpaired) electrons. The summed E-state index contributed by atoms with van der Waals surface area (Å²) in [5.41, 5.74) is 11.8. The average molecular weight is 254 g/mol. The Bertz CT molecular complexity index is 612. The molecule has 3 heteroatoms. The normalized spacial score (nSPS) is 10.3. The number of carbonyl (C=O) groups excluding carboxylic acids is 1. The predicted molar refractivity (Wildman–Crippen MR) is 80.1 cm³/mol. The Labute approximate surface area is 113 Å². The van der Waals surface area contributed by atoms with Gasteiger partial charge in [0.2, 0.25) is 5.91 Å². The zero-order valence-electron chi connectivity index (χ0n) is 11.4. The summed E-state index contributed by atoms with van der Waals surface area (Å²) < 4.78 is 0. The van der Waals surface area contributed by atoms with Crippen LogP contribution in [0.5, 0.6) is 0 Å². The second kappa shape index (κ2) is 5.14. The van der Waals surface area contributed by atoms with Crippen molar-refractivity contribution in [2.24, 2.45) is 0 Å². The summed E-state index contributed by atoms with van der Waals surface area (Å²) in [6, 6.07) is 11.7. The summed E-state index contributed by atoms with van der Waals surface area (Å²) >= 11 is 0. The first kappa shape index (κ1) is 13.1. The Morgan fingerprint density at radius 3 is 2.16 bits per heavy atom. The third kappa shape index (κ3) is 2.60. The highest BCUT2D eigenvalue weighted by molar-refractivity contribution is 5.97. The standard InChI is InChI=1S/C16H18N2O/c1-10-6-4-8-13(17)15(10)16-11(2)7-5-9-14(16)18-12(3)19/h4-9H,17H2,1-3H3,(H,18,19). The number of benzene rings is 2. The maximum absolute atomic E-state index is 11.3. The first-order valence-electron chi connectivity index (χ1n) is 6.23. The molecule has 0 bridgehead atoms. The van der Waals surface area contributed by atoms with Crippen molar-refractivity contribution in [3.63, 3.8) is 0 Å². The van der Waals surface area contributed by atoms with Crippen LogP contribution in [-0.4, -0.2) is 5.91 Å². The van der Waals surface area contributed by atoms with Gasteiger partial charge < -0.3 is 11.1 Å². The minimum Gasteiger partial charge on any atom is -0.398 e.